The van der Waals surface area contributed by atoms with Crippen LogP contribution in [0.25, 0.3) is 0 Å². The lowest BCUT2D eigenvalue weighted by molar-refractivity contribution is 0.654. The molecule has 0 N–H and O–H groups in total. The smallest absolute Gasteiger partial charge is 0.244 e. The maximum Gasteiger partial charge on any atom is 0.244 e. The van der Waals surface area contributed by atoms with Crippen molar-refractivity contribution in [2.75, 3.05) is 18.0 Å². The second-order valence-corrected chi connectivity index (χ2v) is 3.09. The van der Waals surface area contributed by atoms with Gasteiger partial charge in [0.1, 0.15) is 6.33 Å². The highest BCUT2D eigenvalue weighted by Gasteiger charge is 2.15. The normalized spacial score (nSPS) is 17.2. The Bertz CT molecular complexity index is 249. The molecule has 1 aromatic heterocycles. The second kappa shape index (κ2) is 3.13. The van der Waals surface area contributed by atoms with Crippen LogP contribution in [0.2, 0.25) is 0 Å². The first-order valence-corrected chi connectivity index (χ1v) is 4.54. The van der Waals surface area contributed by atoms with Gasteiger partial charge in [0, 0.05) is 19.6 Å². The molecule has 1 aliphatic rings. The van der Waals surface area contributed by atoms with Crippen molar-refractivity contribution in [3.8, 4) is 0 Å². The SMILES string of the molecule is CCn1cnc(N2CCCC2)n1. The molecule has 0 bridgehead atoms. The molecule has 0 unspecified atom stereocenters. The van der Waals surface area contributed by atoms with E-state index >= 15 is 0 Å². The summed E-state index contributed by atoms with van der Waals surface area (Å²) in [6.07, 6.45) is 4.36. The Morgan fingerprint density at radius 3 is 2.75 bits per heavy atom. The average Bonchev–Trinajstić information content (AvgIpc) is 2.75. The molecule has 0 radical (unpaired) electrons. The Morgan fingerprint density at radius 2 is 2.17 bits per heavy atom. The van der Waals surface area contributed by atoms with E-state index in [1.807, 2.05) is 4.68 Å². The minimum absolute atomic E-state index is 0.898. The van der Waals surface area contributed by atoms with Gasteiger partial charge in [-0.15, -0.1) is 5.10 Å². The summed E-state index contributed by atoms with van der Waals surface area (Å²) >= 11 is 0. The standard InChI is InChI=1S/C8H14N4/c1-2-12-7-9-8(10-12)11-5-3-4-6-11/h7H,2-6H2,1H3. The summed E-state index contributed by atoms with van der Waals surface area (Å²) in [5.74, 6) is 0.898. The van der Waals surface area contributed by atoms with Crippen LogP contribution in [0.4, 0.5) is 5.95 Å². The van der Waals surface area contributed by atoms with Crippen molar-refractivity contribution < 1.29 is 0 Å². The maximum atomic E-state index is 4.34. The molecule has 66 valence electrons. The lowest BCUT2D eigenvalue weighted by Gasteiger charge is -2.10. The van der Waals surface area contributed by atoms with Gasteiger partial charge in [-0.05, 0) is 19.8 Å². The highest BCUT2D eigenvalue weighted by molar-refractivity contribution is 5.28. The number of anilines is 1. The summed E-state index contributed by atoms with van der Waals surface area (Å²) in [7, 11) is 0. The number of aryl methyl sites for hydroxylation is 1. The van der Waals surface area contributed by atoms with Crippen molar-refractivity contribution in [1.29, 1.82) is 0 Å². The molecule has 4 heteroatoms. The topological polar surface area (TPSA) is 34.0 Å². The van der Waals surface area contributed by atoms with Crippen LogP contribution in [0.3, 0.4) is 0 Å². The molecule has 0 aliphatic carbocycles. The van der Waals surface area contributed by atoms with Gasteiger partial charge in [0.15, 0.2) is 0 Å². The van der Waals surface area contributed by atoms with Crippen molar-refractivity contribution in [1.82, 2.24) is 14.8 Å². The van der Waals surface area contributed by atoms with Crippen LogP contribution in [0.1, 0.15) is 19.8 Å². The van der Waals surface area contributed by atoms with Crippen LogP contribution in [0.15, 0.2) is 6.33 Å². The quantitative estimate of drug-likeness (QED) is 0.654. The summed E-state index contributed by atoms with van der Waals surface area (Å²) in [4.78, 5) is 6.49. The van der Waals surface area contributed by atoms with Crippen LogP contribution < -0.4 is 4.90 Å². The molecule has 0 amide bonds. The van der Waals surface area contributed by atoms with Crippen molar-refractivity contribution in [2.24, 2.45) is 0 Å². The van der Waals surface area contributed by atoms with E-state index in [-0.39, 0.29) is 0 Å². The van der Waals surface area contributed by atoms with Gasteiger partial charge >= 0.3 is 0 Å². The largest absolute Gasteiger partial charge is 0.340 e. The van der Waals surface area contributed by atoms with Crippen LogP contribution in [-0.2, 0) is 6.54 Å². The van der Waals surface area contributed by atoms with Gasteiger partial charge in [-0.25, -0.2) is 4.98 Å². The minimum Gasteiger partial charge on any atom is -0.340 e. The highest BCUT2D eigenvalue weighted by atomic mass is 15.4. The number of hydrogen-bond donors (Lipinski definition) is 0. The molecule has 0 saturated carbocycles. The van der Waals surface area contributed by atoms with Gasteiger partial charge in [0.05, 0.1) is 0 Å². The third-order valence-corrected chi connectivity index (χ3v) is 2.24. The first-order chi connectivity index (χ1) is 5.90. The summed E-state index contributed by atoms with van der Waals surface area (Å²) in [5, 5.41) is 4.34. The first-order valence-electron chi connectivity index (χ1n) is 4.54. The monoisotopic (exact) mass is 166 g/mol. The molecule has 1 aromatic rings. The van der Waals surface area contributed by atoms with Crippen molar-refractivity contribution in [3.63, 3.8) is 0 Å². The molecule has 1 aliphatic heterocycles. The Labute approximate surface area is 72.2 Å². The van der Waals surface area contributed by atoms with E-state index in [4.69, 9.17) is 0 Å². The van der Waals surface area contributed by atoms with Crippen molar-refractivity contribution in [3.05, 3.63) is 6.33 Å². The first kappa shape index (κ1) is 7.58. The molecule has 0 aromatic carbocycles. The summed E-state index contributed by atoms with van der Waals surface area (Å²) in [5.41, 5.74) is 0. The van der Waals surface area contributed by atoms with E-state index in [0.717, 1.165) is 25.6 Å². The number of nitrogens with zero attached hydrogens (tertiary/aromatic N) is 4. The number of hydrogen-bond acceptors (Lipinski definition) is 3. The molecule has 1 fully saturated rings. The van der Waals surface area contributed by atoms with E-state index in [1.54, 1.807) is 6.33 Å². The second-order valence-electron chi connectivity index (χ2n) is 3.09. The fourth-order valence-corrected chi connectivity index (χ4v) is 1.50. The average molecular weight is 166 g/mol. The predicted molar refractivity (Wildman–Crippen MR) is 47.1 cm³/mol. The molecule has 1 saturated heterocycles. The molecular formula is C8H14N4. The van der Waals surface area contributed by atoms with Gasteiger partial charge in [-0.1, -0.05) is 0 Å². The van der Waals surface area contributed by atoms with Gasteiger partial charge in [-0.3, -0.25) is 4.68 Å². The third kappa shape index (κ3) is 1.29. The molecular weight excluding hydrogens is 152 g/mol. The summed E-state index contributed by atoms with van der Waals surface area (Å²) in [6.45, 7) is 5.21. The van der Waals surface area contributed by atoms with Gasteiger partial charge in [0.2, 0.25) is 5.95 Å². The zero-order valence-electron chi connectivity index (χ0n) is 7.40. The number of aromatic nitrogens is 3. The van der Waals surface area contributed by atoms with Crippen molar-refractivity contribution in [2.45, 2.75) is 26.3 Å². The van der Waals surface area contributed by atoms with Crippen LogP contribution in [-0.4, -0.2) is 27.9 Å². The van der Waals surface area contributed by atoms with E-state index in [2.05, 4.69) is 21.9 Å². The summed E-state index contributed by atoms with van der Waals surface area (Å²) < 4.78 is 1.87. The van der Waals surface area contributed by atoms with Crippen LogP contribution in [0, 0.1) is 0 Å². The Morgan fingerprint density at radius 1 is 1.42 bits per heavy atom. The lowest BCUT2D eigenvalue weighted by atomic mass is 10.4. The molecule has 2 heterocycles. The zero-order chi connectivity index (χ0) is 8.39. The molecule has 4 nitrogen and oxygen atoms in total. The van der Waals surface area contributed by atoms with E-state index < -0.39 is 0 Å². The van der Waals surface area contributed by atoms with Gasteiger partial charge in [-0.2, -0.15) is 0 Å². The van der Waals surface area contributed by atoms with E-state index in [1.165, 1.54) is 12.8 Å². The Kier molecular flexibility index (Phi) is 1.98. The predicted octanol–water partition coefficient (Wildman–Crippen LogP) is 0.898. The fraction of sp³-hybridized carbons (Fsp3) is 0.750. The Balaban J connectivity index is 2.11. The van der Waals surface area contributed by atoms with E-state index in [0.29, 0.717) is 0 Å². The number of rotatable bonds is 2. The third-order valence-electron chi connectivity index (χ3n) is 2.24. The van der Waals surface area contributed by atoms with Crippen LogP contribution >= 0.6 is 0 Å². The molecule has 2 rings (SSSR count). The lowest BCUT2D eigenvalue weighted by Crippen LogP contribution is -2.19. The van der Waals surface area contributed by atoms with Gasteiger partial charge in [0.25, 0.3) is 0 Å². The minimum atomic E-state index is 0.898. The van der Waals surface area contributed by atoms with E-state index in [9.17, 15) is 0 Å². The zero-order valence-corrected chi connectivity index (χ0v) is 7.40. The van der Waals surface area contributed by atoms with Crippen molar-refractivity contribution >= 4 is 5.95 Å². The van der Waals surface area contributed by atoms with Gasteiger partial charge < -0.3 is 4.90 Å². The maximum absolute atomic E-state index is 4.34. The van der Waals surface area contributed by atoms with Crippen LogP contribution in [0.5, 0.6) is 0 Å². The highest BCUT2D eigenvalue weighted by Crippen LogP contribution is 2.14. The molecule has 12 heavy (non-hydrogen) atoms. The molecule has 0 atom stereocenters. The summed E-state index contributed by atoms with van der Waals surface area (Å²) in [6, 6.07) is 0. The molecule has 0 spiro atoms. The Hall–Kier alpha value is -1.06. The fourth-order valence-electron chi connectivity index (χ4n) is 1.50.